The van der Waals surface area contributed by atoms with Gasteiger partial charge in [-0.3, -0.25) is 0 Å². The number of halogens is 1. The molecule has 0 amide bonds. The first-order chi connectivity index (χ1) is 9.15. The monoisotopic (exact) mass is 320 g/mol. The third kappa shape index (κ3) is 2.44. The standard InChI is InChI=1S/C16H17BrO2/c1-10-8-14(11(2)19-10)16(17)13-5-6-15-12(9-13)4-3-7-18-15/h5-6,8-9,16H,3-4,7H2,1-2H3. The van der Waals surface area contributed by atoms with E-state index in [2.05, 4.69) is 40.2 Å². The molecule has 0 radical (unpaired) electrons. The van der Waals surface area contributed by atoms with E-state index < -0.39 is 0 Å². The summed E-state index contributed by atoms with van der Waals surface area (Å²) >= 11 is 3.79. The normalized spacial score (nSPS) is 15.7. The van der Waals surface area contributed by atoms with Crippen LogP contribution >= 0.6 is 15.9 Å². The molecule has 1 atom stereocenters. The minimum absolute atomic E-state index is 0.178. The number of ether oxygens (including phenoxy) is 1. The van der Waals surface area contributed by atoms with Gasteiger partial charge in [-0.05, 0) is 49.9 Å². The maximum Gasteiger partial charge on any atom is 0.122 e. The highest BCUT2D eigenvalue weighted by Crippen LogP contribution is 2.37. The lowest BCUT2D eigenvalue weighted by atomic mass is 9.99. The molecule has 0 bridgehead atoms. The second kappa shape index (κ2) is 5.04. The summed E-state index contributed by atoms with van der Waals surface area (Å²) in [6.45, 7) is 4.83. The lowest BCUT2D eigenvalue weighted by Crippen LogP contribution is -2.08. The number of benzene rings is 1. The van der Waals surface area contributed by atoms with Crippen LogP contribution in [0.1, 0.15) is 39.5 Å². The quantitative estimate of drug-likeness (QED) is 0.748. The topological polar surface area (TPSA) is 22.4 Å². The number of rotatable bonds is 2. The molecule has 1 aromatic heterocycles. The Bertz CT molecular complexity index is 601. The van der Waals surface area contributed by atoms with Crippen LogP contribution in [0.2, 0.25) is 0 Å². The van der Waals surface area contributed by atoms with Crippen LogP contribution in [0.15, 0.2) is 28.7 Å². The second-order valence-electron chi connectivity index (χ2n) is 5.05. The molecule has 19 heavy (non-hydrogen) atoms. The predicted molar refractivity (Wildman–Crippen MR) is 79.2 cm³/mol. The maximum atomic E-state index is 5.66. The molecule has 1 aliphatic heterocycles. The predicted octanol–water partition coefficient (Wildman–Crippen LogP) is 4.71. The Labute approximate surface area is 121 Å². The molecule has 0 spiro atoms. The molecule has 1 unspecified atom stereocenters. The van der Waals surface area contributed by atoms with Crippen LogP contribution in [0.3, 0.4) is 0 Å². The number of furan rings is 1. The molecular weight excluding hydrogens is 304 g/mol. The number of hydrogen-bond donors (Lipinski definition) is 0. The van der Waals surface area contributed by atoms with Crippen LogP contribution in [0.25, 0.3) is 0 Å². The van der Waals surface area contributed by atoms with Crippen LogP contribution in [-0.2, 0) is 6.42 Å². The summed E-state index contributed by atoms with van der Waals surface area (Å²) in [6, 6.07) is 8.56. The largest absolute Gasteiger partial charge is 0.493 e. The van der Waals surface area contributed by atoms with E-state index in [1.54, 1.807) is 0 Å². The fourth-order valence-corrected chi connectivity index (χ4v) is 3.36. The first-order valence-electron chi connectivity index (χ1n) is 6.62. The minimum Gasteiger partial charge on any atom is -0.493 e. The number of hydrogen-bond acceptors (Lipinski definition) is 2. The summed E-state index contributed by atoms with van der Waals surface area (Å²) < 4.78 is 11.3. The second-order valence-corrected chi connectivity index (χ2v) is 5.97. The van der Waals surface area contributed by atoms with Crippen molar-refractivity contribution in [2.24, 2.45) is 0 Å². The first kappa shape index (κ1) is 12.8. The zero-order valence-electron chi connectivity index (χ0n) is 11.2. The van der Waals surface area contributed by atoms with Crippen molar-refractivity contribution in [3.8, 4) is 5.75 Å². The Hall–Kier alpha value is -1.22. The van der Waals surface area contributed by atoms with Crippen molar-refractivity contribution in [3.05, 3.63) is 52.5 Å². The van der Waals surface area contributed by atoms with Gasteiger partial charge in [0.2, 0.25) is 0 Å². The summed E-state index contributed by atoms with van der Waals surface area (Å²) in [5, 5.41) is 0. The fourth-order valence-electron chi connectivity index (χ4n) is 2.62. The van der Waals surface area contributed by atoms with Crippen LogP contribution in [0, 0.1) is 13.8 Å². The van der Waals surface area contributed by atoms with Crippen LogP contribution in [0.4, 0.5) is 0 Å². The molecule has 3 heteroatoms. The summed E-state index contributed by atoms with van der Waals surface area (Å²) in [4.78, 5) is 0.178. The lowest BCUT2D eigenvalue weighted by molar-refractivity contribution is 0.288. The van der Waals surface area contributed by atoms with Crippen molar-refractivity contribution >= 4 is 15.9 Å². The molecule has 1 aromatic carbocycles. The third-order valence-electron chi connectivity index (χ3n) is 3.58. The van der Waals surface area contributed by atoms with E-state index in [0.29, 0.717) is 0 Å². The van der Waals surface area contributed by atoms with Gasteiger partial charge >= 0.3 is 0 Å². The van der Waals surface area contributed by atoms with Crippen LogP contribution < -0.4 is 4.74 Å². The zero-order chi connectivity index (χ0) is 13.4. The number of fused-ring (bicyclic) bond motifs is 1. The van der Waals surface area contributed by atoms with E-state index in [-0.39, 0.29) is 4.83 Å². The highest BCUT2D eigenvalue weighted by atomic mass is 79.9. The van der Waals surface area contributed by atoms with Gasteiger partial charge in [-0.25, -0.2) is 0 Å². The van der Waals surface area contributed by atoms with Gasteiger partial charge in [0.05, 0.1) is 11.4 Å². The molecule has 0 saturated heterocycles. The summed E-state index contributed by atoms with van der Waals surface area (Å²) in [5.41, 5.74) is 3.77. The molecule has 2 aromatic rings. The summed E-state index contributed by atoms with van der Waals surface area (Å²) in [5.74, 6) is 2.97. The minimum atomic E-state index is 0.178. The molecule has 2 heterocycles. The Morgan fingerprint density at radius 3 is 2.79 bits per heavy atom. The van der Waals surface area contributed by atoms with E-state index in [9.17, 15) is 0 Å². The van der Waals surface area contributed by atoms with Crippen molar-refractivity contribution in [1.29, 1.82) is 0 Å². The van der Waals surface area contributed by atoms with Crippen molar-refractivity contribution < 1.29 is 9.15 Å². The molecule has 1 aliphatic rings. The van der Waals surface area contributed by atoms with Gasteiger partial charge in [0.1, 0.15) is 17.3 Å². The Balaban J connectivity index is 1.95. The van der Waals surface area contributed by atoms with Crippen LogP contribution in [0.5, 0.6) is 5.75 Å². The Morgan fingerprint density at radius 2 is 2.05 bits per heavy atom. The summed E-state index contributed by atoms with van der Waals surface area (Å²) in [7, 11) is 0. The van der Waals surface area contributed by atoms with Gasteiger partial charge in [0.25, 0.3) is 0 Å². The highest BCUT2D eigenvalue weighted by molar-refractivity contribution is 9.09. The van der Waals surface area contributed by atoms with Gasteiger partial charge in [0.15, 0.2) is 0 Å². The van der Waals surface area contributed by atoms with E-state index in [1.165, 1.54) is 16.7 Å². The smallest absolute Gasteiger partial charge is 0.122 e. The molecule has 0 N–H and O–H groups in total. The average Bonchev–Trinajstić information content (AvgIpc) is 2.76. The van der Waals surface area contributed by atoms with Gasteiger partial charge in [0, 0.05) is 5.56 Å². The SMILES string of the molecule is Cc1cc(C(Br)c2ccc3c(c2)CCCO3)c(C)o1. The van der Waals surface area contributed by atoms with Crippen molar-refractivity contribution in [1.82, 2.24) is 0 Å². The van der Waals surface area contributed by atoms with Crippen LogP contribution in [-0.4, -0.2) is 6.61 Å². The Morgan fingerprint density at radius 1 is 1.21 bits per heavy atom. The Kier molecular flexibility index (Phi) is 3.40. The summed E-state index contributed by atoms with van der Waals surface area (Å²) in [6.07, 6.45) is 2.21. The van der Waals surface area contributed by atoms with Crippen molar-refractivity contribution in [2.45, 2.75) is 31.5 Å². The van der Waals surface area contributed by atoms with Gasteiger partial charge in [-0.2, -0.15) is 0 Å². The lowest BCUT2D eigenvalue weighted by Gasteiger charge is -2.19. The van der Waals surface area contributed by atoms with Gasteiger partial charge in [-0.1, -0.05) is 28.1 Å². The molecule has 100 valence electrons. The van der Waals surface area contributed by atoms with E-state index in [1.807, 2.05) is 13.8 Å². The van der Waals surface area contributed by atoms with E-state index in [0.717, 1.165) is 36.7 Å². The van der Waals surface area contributed by atoms with E-state index >= 15 is 0 Å². The van der Waals surface area contributed by atoms with Gasteiger partial charge < -0.3 is 9.15 Å². The fraction of sp³-hybridized carbons (Fsp3) is 0.375. The molecule has 2 nitrogen and oxygen atoms in total. The number of alkyl halides is 1. The first-order valence-corrected chi connectivity index (χ1v) is 7.53. The molecular formula is C16H17BrO2. The van der Waals surface area contributed by atoms with Crippen molar-refractivity contribution in [3.63, 3.8) is 0 Å². The highest BCUT2D eigenvalue weighted by Gasteiger charge is 2.18. The third-order valence-corrected chi connectivity index (χ3v) is 4.60. The van der Waals surface area contributed by atoms with Gasteiger partial charge in [-0.15, -0.1) is 0 Å². The zero-order valence-corrected chi connectivity index (χ0v) is 12.8. The van der Waals surface area contributed by atoms with Crippen molar-refractivity contribution in [2.75, 3.05) is 6.61 Å². The number of aryl methyl sites for hydroxylation is 3. The average molecular weight is 321 g/mol. The molecule has 3 rings (SSSR count). The molecule has 0 aliphatic carbocycles. The van der Waals surface area contributed by atoms with E-state index in [4.69, 9.17) is 9.15 Å². The molecule has 0 fully saturated rings. The molecule has 0 saturated carbocycles. The maximum absolute atomic E-state index is 5.66.